The molecule has 0 radical (unpaired) electrons. The minimum Gasteiger partial charge on any atom is -0.369 e. The van der Waals surface area contributed by atoms with Crippen molar-refractivity contribution in [3.63, 3.8) is 0 Å². The molecule has 0 saturated heterocycles. The fraction of sp³-hybridized carbons (Fsp3) is 0.364. The standard InChI is InChI=1S/C11H14ClN7O2/c1-18-11-6(2-15-18)10(12)16-9(17-11)5-19(3-7(13)20)4-8(14)21/h2H,3-5H2,1H3,(H2,13,20)(H2,14,21). The van der Waals surface area contributed by atoms with Gasteiger partial charge in [0.2, 0.25) is 11.8 Å². The van der Waals surface area contributed by atoms with E-state index in [1.165, 1.54) is 4.90 Å². The number of carbonyl (C=O) groups is 2. The molecule has 0 aromatic carbocycles. The lowest BCUT2D eigenvalue weighted by Gasteiger charge is -2.17. The van der Waals surface area contributed by atoms with Crippen molar-refractivity contribution in [2.45, 2.75) is 6.54 Å². The number of carbonyl (C=O) groups excluding carboxylic acids is 2. The van der Waals surface area contributed by atoms with Crippen LogP contribution >= 0.6 is 11.6 Å². The Morgan fingerprint density at radius 2 is 1.90 bits per heavy atom. The van der Waals surface area contributed by atoms with Crippen LogP contribution in [0.15, 0.2) is 6.20 Å². The zero-order valence-corrected chi connectivity index (χ0v) is 12.0. The fourth-order valence-corrected chi connectivity index (χ4v) is 2.14. The quantitative estimate of drug-likeness (QED) is 0.643. The summed E-state index contributed by atoms with van der Waals surface area (Å²) in [7, 11) is 1.72. The maximum absolute atomic E-state index is 11.0. The number of aryl methyl sites for hydroxylation is 1. The number of hydrogen-bond donors (Lipinski definition) is 2. The smallest absolute Gasteiger partial charge is 0.231 e. The van der Waals surface area contributed by atoms with E-state index in [9.17, 15) is 9.59 Å². The normalized spacial score (nSPS) is 11.2. The number of halogens is 1. The molecule has 0 fully saturated rings. The molecular formula is C11H14ClN7O2. The number of rotatable bonds is 6. The first-order valence-corrected chi connectivity index (χ1v) is 6.37. The summed E-state index contributed by atoms with van der Waals surface area (Å²) in [5.41, 5.74) is 10.8. The largest absolute Gasteiger partial charge is 0.369 e. The van der Waals surface area contributed by atoms with E-state index in [1.807, 2.05) is 0 Å². The van der Waals surface area contributed by atoms with Crippen molar-refractivity contribution in [1.29, 1.82) is 0 Å². The third-order valence-electron chi connectivity index (χ3n) is 2.72. The summed E-state index contributed by atoms with van der Waals surface area (Å²) in [6.07, 6.45) is 1.56. The molecule has 0 unspecified atom stereocenters. The van der Waals surface area contributed by atoms with Crippen molar-refractivity contribution < 1.29 is 9.59 Å². The van der Waals surface area contributed by atoms with Crippen molar-refractivity contribution in [2.24, 2.45) is 18.5 Å². The van der Waals surface area contributed by atoms with Crippen LogP contribution in [0.2, 0.25) is 5.15 Å². The number of primary amides is 2. The highest BCUT2D eigenvalue weighted by molar-refractivity contribution is 6.33. The molecule has 0 aliphatic carbocycles. The fourth-order valence-electron chi connectivity index (χ4n) is 1.91. The predicted molar refractivity (Wildman–Crippen MR) is 75.0 cm³/mol. The van der Waals surface area contributed by atoms with Gasteiger partial charge in [-0.1, -0.05) is 11.6 Å². The number of nitrogens with two attached hydrogens (primary N) is 2. The summed E-state index contributed by atoms with van der Waals surface area (Å²) in [4.78, 5) is 31.9. The van der Waals surface area contributed by atoms with Crippen LogP contribution in [0, 0.1) is 0 Å². The minimum absolute atomic E-state index is 0.118. The summed E-state index contributed by atoms with van der Waals surface area (Å²) in [6, 6.07) is 0. The molecule has 4 N–H and O–H groups in total. The van der Waals surface area contributed by atoms with Crippen LogP contribution in [0.4, 0.5) is 0 Å². The Kier molecular flexibility index (Phi) is 4.34. The molecule has 2 rings (SSSR count). The molecule has 9 nitrogen and oxygen atoms in total. The molecule has 2 aromatic heterocycles. The predicted octanol–water partition coefficient (Wildman–Crippen LogP) is -1.21. The van der Waals surface area contributed by atoms with E-state index in [0.29, 0.717) is 16.9 Å². The maximum Gasteiger partial charge on any atom is 0.231 e. The molecule has 21 heavy (non-hydrogen) atoms. The van der Waals surface area contributed by atoms with E-state index >= 15 is 0 Å². The van der Waals surface area contributed by atoms with E-state index in [2.05, 4.69) is 15.1 Å². The third-order valence-corrected chi connectivity index (χ3v) is 3.00. The summed E-state index contributed by atoms with van der Waals surface area (Å²) in [6.45, 7) is -0.145. The number of nitrogens with zero attached hydrogens (tertiary/aromatic N) is 5. The van der Waals surface area contributed by atoms with E-state index in [-0.39, 0.29) is 24.8 Å². The molecule has 2 aromatic rings. The number of amides is 2. The van der Waals surface area contributed by atoms with Gasteiger partial charge in [-0.3, -0.25) is 19.2 Å². The zero-order valence-electron chi connectivity index (χ0n) is 11.3. The second-order valence-corrected chi connectivity index (χ2v) is 4.87. The van der Waals surface area contributed by atoms with E-state index in [0.717, 1.165) is 0 Å². The lowest BCUT2D eigenvalue weighted by Crippen LogP contribution is -2.39. The SMILES string of the molecule is Cn1ncc2c(Cl)nc(CN(CC(N)=O)CC(N)=O)nc21. The van der Waals surface area contributed by atoms with Gasteiger partial charge < -0.3 is 11.5 Å². The summed E-state index contributed by atoms with van der Waals surface area (Å²) in [5.74, 6) is -0.813. The highest BCUT2D eigenvalue weighted by atomic mass is 35.5. The van der Waals surface area contributed by atoms with Crippen LogP contribution in [-0.2, 0) is 23.2 Å². The number of hydrogen-bond acceptors (Lipinski definition) is 6. The van der Waals surface area contributed by atoms with Crippen LogP contribution in [0.5, 0.6) is 0 Å². The van der Waals surface area contributed by atoms with Crippen molar-refractivity contribution >= 4 is 34.4 Å². The van der Waals surface area contributed by atoms with E-state index in [1.54, 1.807) is 17.9 Å². The highest BCUT2D eigenvalue weighted by Crippen LogP contribution is 2.19. The summed E-state index contributed by atoms with van der Waals surface area (Å²) in [5, 5.41) is 4.92. The molecule has 10 heteroatoms. The number of aromatic nitrogens is 4. The monoisotopic (exact) mass is 311 g/mol. The van der Waals surface area contributed by atoms with Gasteiger partial charge in [-0.25, -0.2) is 9.97 Å². The molecule has 112 valence electrons. The summed E-state index contributed by atoms with van der Waals surface area (Å²) < 4.78 is 1.55. The first-order valence-electron chi connectivity index (χ1n) is 6.00. The highest BCUT2D eigenvalue weighted by Gasteiger charge is 2.16. The van der Waals surface area contributed by atoms with E-state index in [4.69, 9.17) is 23.1 Å². The third kappa shape index (κ3) is 3.64. The number of fused-ring (bicyclic) bond motifs is 1. The van der Waals surface area contributed by atoms with Gasteiger partial charge in [-0.2, -0.15) is 5.10 Å². The average molecular weight is 312 g/mol. The Balaban J connectivity index is 2.29. The first kappa shape index (κ1) is 15.1. The van der Waals surface area contributed by atoms with Gasteiger partial charge >= 0.3 is 0 Å². The Hall–Kier alpha value is -2.26. The van der Waals surface area contributed by atoms with Crippen LogP contribution in [-0.4, -0.2) is 49.6 Å². The van der Waals surface area contributed by atoms with Crippen LogP contribution < -0.4 is 11.5 Å². The average Bonchev–Trinajstić information content (AvgIpc) is 2.70. The van der Waals surface area contributed by atoms with Gasteiger partial charge in [0.25, 0.3) is 0 Å². The molecule has 2 heterocycles. The van der Waals surface area contributed by atoms with Crippen LogP contribution in [0.3, 0.4) is 0 Å². The van der Waals surface area contributed by atoms with Gasteiger partial charge in [0.15, 0.2) is 5.65 Å². The second kappa shape index (κ2) is 6.02. The van der Waals surface area contributed by atoms with Crippen LogP contribution in [0.1, 0.15) is 5.82 Å². The molecule has 0 atom stereocenters. The van der Waals surface area contributed by atoms with Crippen molar-refractivity contribution in [3.05, 3.63) is 17.2 Å². The Morgan fingerprint density at radius 1 is 1.29 bits per heavy atom. The first-order chi connectivity index (χ1) is 9.86. The molecule has 0 bridgehead atoms. The van der Waals surface area contributed by atoms with Gasteiger partial charge in [0.1, 0.15) is 11.0 Å². The van der Waals surface area contributed by atoms with Crippen molar-refractivity contribution in [1.82, 2.24) is 24.6 Å². The van der Waals surface area contributed by atoms with Gasteiger partial charge in [0.05, 0.1) is 31.2 Å². The van der Waals surface area contributed by atoms with Crippen LogP contribution in [0.25, 0.3) is 11.0 Å². The second-order valence-electron chi connectivity index (χ2n) is 4.51. The van der Waals surface area contributed by atoms with Gasteiger partial charge in [-0.05, 0) is 0 Å². The molecule has 0 aliphatic rings. The summed E-state index contributed by atoms with van der Waals surface area (Å²) >= 11 is 6.06. The topological polar surface area (TPSA) is 133 Å². The Labute approximate surface area is 124 Å². The molecular weight excluding hydrogens is 298 g/mol. The lowest BCUT2D eigenvalue weighted by atomic mass is 10.4. The molecule has 0 aliphatic heterocycles. The van der Waals surface area contributed by atoms with Gasteiger partial charge in [0, 0.05) is 7.05 Å². The van der Waals surface area contributed by atoms with Crippen molar-refractivity contribution in [3.8, 4) is 0 Å². The maximum atomic E-state index is 11.0. The lowest BCUT2D eigenvalue weighted by molar-refractivity contribution is -0.122. The van der Waals surface area contributed by atoms with Gasteiger partial charge in [-0.15, -0.1) is 0 Å². The molecule has 2 amide bonds. The Morgan fingerprint density at radius 3 is 2.48 bits per heavy atom. The van der Waals surface area contributed by atoms with E-state index < -0.39 is 11.8 Å². The van der Waals surface area contributed by atoms with Crippen molar-refractivity contribution in [2.75, 3.05) is 13.1 Å². The minimum atomic E-state index is -0.580. The Bertz CT molecular complexity index is 683. The zero-order chi connectivity index (χ0) is 15.6. The molecule has 0 spiro atoms. The molecule has 0 saturated carbocycles.